The van der Waals surface area contributed by atoms with Crippen molar-refractivity contribution in [1.29, 1.82) is 0 Å². The summed E-state index contributed by atoms with van der Waals surface area (Å²) >= 11 is 0. The van der Waals surface area contributed by atoms with E-state index in [4.69, 9.17) is 4.42 Å². The highest BCUT2D eigenvalue weighted by molar-refractivity contribution is 6.05. The zero-order chi connectivity index (χ0) is 18.6. The van der Waals surface area contributed by atoms with Gasteiger partial charge in [0.1, 0.15) is 5.76 Å². The molecule has 0 radical (unpaired) electrons. The number of carbonyl (C=O) groups excluding carboxylic acids is 1. The molecule has 1 aliphatic heterocycles. The van der Waals surface area contributed by atoms with E-state index in [0.29, 0.717) is 5.76 Å². The summed E-state index contributed by atoms with van der Waals surface area (Å²) in [7, 11) is 0. The molecule has 0 saturated carbocycles. The van der Waals surface area contributed by atoms with Gasteiger partial charge in [-0.1, -0.05) is 36.4 Å². The second-order valence-corrected chi connectivity index (χ2v) is 6.76. The van der Waals surface area contributed by atoms with Crippen molar-refractivity contribution in [3.05, 3.63) is 90.4 Å². The molecular weight excluding hydrogens is 336 g/mol. The number of hydrogen-bond donors (Lipinski definition) is 1. The molecule has 4 nitrogen and oxygen atoms in total. The van der Waals surface area contributed by atoms with Crippen molar-refractivity contribution >= 4 is 23.4 Å². The summed E-state index contributed by atoms with van der Waals surface area (Å²) < 4.78 is 5.28. The van der Waals surface area contributed by atoms with Crippen LogP contribution in [0.3, 0.4) is 0 Å². The summed E-state index contributed by atoms with van der Waals surface area (Å²) in [5.41, 5.74) is 3.18. The van der Waals surface area contributed by atoms with Crippen LogP contribution in [0.2, 0.25) is 0 Å². The van der Waals surface area contributed by atoms with Gasteiger partial charge < -0.3 is 14.6 Å². The van der Waals surface area contributed by atoms with Crippen LogP contribution < -0.4 is 10.2 Å². The van der Waals surface area contributed by atoms with Crippen molar-refractivity contribution in [2.45, 2.75) is 25.4 Å². The normalized spacial score (nSPS) is 19.1. The van der Waals surface area contributed by atoms with E-state index >= 15 is 0 Å². The van der Waals surface area contributed by atoms with Gasteiger partial charge in [-0.25, -0.2) is 0 Å². The summed E-state index contributed by atoms with van der Waals surface area (Å²) in [6, 6.07) is 22.2. The van der Waals surface area contributed by atoms with Crippen LogP contribution >= 0.6 is 0 Å². The van der Waals surface area contributed by atoms with E-state index in [0.717, 1.165) is 23.4 Å². The van der Waals surface area contributed by atoms with Crippen LogP contribution in [0.1, 0.15) is 30.7 Å². The van der Waals surface area contributed by atoms with Gasteiger partial charge in [-0.05, 0) is 55.3 Å². The van der Waals surface area contributed by atoms with E-state index in [1.54, 1.807) is 18.4 Å². The molecule has 0 spiro atoms. The highest BCUT2D eigenvalue weighted by Crippen LogP contribution is 2.39. The van der Waals surface area contributed by atoms with Crippen molar-refractivity contribution in [2.24, 2.45) is 0 Å². The molecule has 1 aromatic heterocycles. The topological polar surface area (TPSA) is 45.5 Å². The van der Waals surface area contributed by atoms with Gasteiger partial charge >= 0.3 is 0 Å². The quantitative estimate of drug-likeness (QED) is 0.646. The standard InChI is InChI=1S/C23H22N2O2/c1-17-16-21(24-18-8-3-2-4-9-18)20-11-5-6-12-22(20)25(17)23(26)14-13-19-10-7-15-27-19/h2-15,17,21,24H,16H2,1H3/b14-13+. The number of rotatable bonds is 4. The molecule has 0 aliphatic carbocycles. The molecule has 1 aliphatic rings. The molecule has 1 amide bonds. The van der Waals surface area contributed by atoms with Crippen molar-refractivity contribution in [3.63, 3.8) is 0 Å². The molecule has 4 heteroatoms. The summed E-state index contributed by atoms with van der Waals surface area (Å²) in [6.45, 7) is 2.09. The van der Waals surface area contributed by atoms with Crippen molar-refractivity contribution in [3.8, 4) is 0 Å². The van der Waals surface area contributed by atoms with E-state index in [1.165, 1.54) is 0 Å². The predicted molar refractivity (Wildman–Crippen MR) is 109 cm³/mol. The molecule has 0 saturated heterocycles. The highest BCUT2D eigenvalue weighted by atomic mass is 16.3. The van der Waals surface area contributed by atoms with Crippen molar-refractivity contribution in [2.75, 3.05) is 10.2 Å². The average molecular weight is 358 g/mol. The zero-order valence-electron chi connectivity index (χ0n) is 15.2. The molecular formula is C23H22N2O2. The first-order chi connectivity index (χ1) is 13.2. The van der Waals surface area contributed by atoms with Gasteiger partial charge in [0, 0.05) is 23.5 Å². The summed E-state index contributed by atoms with van der Waals surface area (Å²) in [5.74, 6) is 0.634. The smallest absolute Gasteiger partial charge is 0.251 e. The van der Waals surface area contributed by atoms with E-state index in [2.05, 4.69) is 30.4 Å². The van der Waals surface area contributed by atoms with E-state index in [-0.39, 0.29) is 18.0 Å². The third-order valence-electron chi connectivity index (χ3n) is 4.87. The molecule has 3 aromatic rings. The first kappa shape index (κ1) is 17.2. The second-order valence-electron chi connectivity index (χ2n) is 6.76. The average Bonchev–Trinajstić information content (AvgIpc) is 3.21. The highest BCUT2D eigenvalue weighted by Gasteiger charge is 2.32. The zero-order valence-corrected chi connectivity index (χ0v) is 15.2. The lowest BCUT2D eigenvalue weighted by molar-refractivity contribution is -0.114. The Labute approximate surface area is 159 Å². The fraction of sp³-hybridized carbons (Fsp3) is 0.174. The van der Waals surface area contributed by atoms with Gasteiger partial charge in [0.25, 0.3) is 5.91 Å². The van der Waals surface area contributed by atoms with Crippen molar-refractivity contribution < 1.29 is 9.21 Å². The van der Waals surface area contributed by atoms with Crippen LogP contribution in [-0.2, 0) is 4.79 Å². The number of carbonyl (C=O) groups is 1. The number of fused-ring (bicyclic) bond motifs is 1. The maximum absolute atomic E-state index is 12.9. The second kappa shape index (κ2) is 7.54. The number of nitrogens with zero attached hydrogens (tertiary/aromatic N) is 1. The first-order valence-corrected chi connectivity index (χ1v) is 9.17. The Morgan fingerprint density at radius 2 is 1.85 bits per heavy atom. The largest absolute Gasteiger partial charge is 0.465 e. The van der Waals surface area contributed by atoms with Crippen LogP contribution in [0, 0.1) is 0 Å². The Hall–Kier alpha value is -3.27. The van der Waals surface area contributed by atoms with Crippen LogP contribution in [-0.4, -0.2) is 11.9 Å². The predicted octanol–water partition coefficient (Wildman–Crippen LogP) is 5.27. The fourth-order valence-corrected chi connectivity index (χ4v) is 3.64. The van der Waals surface area contributed by atoms with Gasteiger partial charge in [0.2, 0.25) is 0 Å². The molecule has 2 unspecified atom stereocenters. The number of anilines is 2. The van der Waals surface area contributed by atoms with Crippen LogP contribution in [0.5, 0.6) is 0 Å². The molecule has 2 aromatic carbocycles. The molecule has 136 valence electrons. The van der Waals surface area contributed by atoms with Gasteiger partial charge in [0.05, 0.1) is 12.3 Å². The Balaban J connectivity index is 1.61. The van der Waals surface area contributed by atoms with Gasteiger partial charge in [-0.15, -0.1) is 0 Å². The number of para-hydroxylation sites is 2. The van der Waals surface area contributed by atoms with E-state index in [9.17, 15) is 4.79 Å². The molecule has 0 fully saturated rings. The van der Waals surface area contributed by atoms with Crippen LogP contribution in [0.4, 0.5) is 11.4 Å². The van der Waals surface area contributed by atoms with Gasteiger partial charge in [-0.3, -0.25) is 4.79 Å². The molecule has 2 heterocycles. The van der Waals surface area contributed by atoms with Gasteiger partial charge in [-0.2, -0.15) is 0 Å². The summed E-state index contributed by atoms with van der Waals surface area (Å²) in [6.07, 6.45) is 5.73. The molecule has 2 atom stereocenters. The molecule has 0 bridgehead atoms. The maximum atomic E-state index is 12.9. The van der Waals surface area contributed by atoms with E-state index in [1.807, 2.05) is 53.4 Å². The monoisotopic (exact) mass is 358 g/mol. The maximum Gasteiger partial charge on any atom is 0.251 e. The fourth-order valence-electron chi connectivity index (χ4n) is 3.64. The third kappa shape index (κ3) is 3.65. The third-order valence-corrected chi connectivity index (χ3v) is 4.87. The number of nitrogens with one attached hydrogen (secondary N) is 1. The lowest BCUT2D eigenvalue weighted by atomic mass is 9.91. The van der Waals surface area contributed by atoms with Crippen LogP contribution in [0.15, 0.2) is 83.5 Å². The summed E-state index contributed by atoms with van der Waals surface area (Å²) in [4.78, 5) is 14.8. The SMILES string of the molecule is CC1CC(Nc2ccccc2)c2ccccc2N1C(=O)/C=C/c1ccco1. The Bertz CT molecular complexity index is 932. The lowest BCUT2D eigenvalue weighted by Crippen LogP contribution is -2.43. The minimum Gasteiger partial charge on any atom is -0.465 e. The number of benzene rings is 2. The minimum absolute atomic E-state index is 0.0375. The minimum atomic E-state index is -0.0375. The number of hydrogen-bond acceptors (Lipinski definition) is 3. The Kier molecular flexibility index (Phi) is 4.79. The van der Waals surface area contributed by atoms with Crippen LogP contribution in [0.25, 0.3) is 6.08 Å². The first-order valence-electron chi connectivity index (χ1n) is 9.17. The van der Waals surface area contributed by atoms with E-state index < -0.39 is 0 Å². The van der Waals surface area contributed by atoms with Gasteiger partial charge in [0.15, 0.2) is 0 Å². The Morgan fingerprint density at radius 3 is 2.63 bits per heavy atom. The molecule has 1 N–H and O–H groups in total. The summed E-state index contributed by atoms with van der Waals surface area (Å²) in [5, 5.41) is 3.61. The van der Waals surface area contributed by atoms with Crippen molar-refractivity contribution in [1.82, 2.24) is 0 Å². The number of amides is 1. The number of furan rings is 1. The lowest BCUT2D eigenvalue weighted by Gasteiger charge is -2.39. The Morgan fingerprint density at radius 1 is 1.07 bits per heavy atom. The molecule has 4 rings (SSSR count). The molecule has 27 heavy (non-hydrogen) atoms.